The number of fused-ring (bicyclic) bond motifs is 3. The Morgan fingerprint density at radius 3 is 2.92 bits per heavy atom. The minimum atomic E-state index is -0.570. The van der Waals surface area contributed by atoms with Crippen LogP contribution >= 0.6 is 23.5 Å². The third-order valence-corrected chi connectivity index (χ3v) is 6.10. The summed E-state index contributed by atoms with van der Waals surface area (Å²) in [6.45, 7) is 4.25. The molecule has 2 aliphatic rings. The zero-order chi connectivity index (χ0) is 17.7. The number of nitro benzene ring substituents is 1. The maximum Gasteiger partial charge on any atom is 0.311 e. The Kier molecular flexibility index (Phi) is 3.88. The highest BCUT2D eigenvalue weighted by atomic mass is 32.2. The van der Waals surface area contributed by atoms with Gasteiger partial charge in [-0.25, -0.2) is 4.68 Å². The fraction of sp³-hybridized carbons (Fsp3) is 0.333. The predicted octanol–water partition coefficient (Wildman–Crippen LogP) is 3.38. The fourth-order valence-electron chi connectivity index (χ4n) is 2.85. The average Bonchev–Trinajstić information content (AvgIpc) is 3.19. The normalized spacial score (nSPS) is 18.4. The molecule has 25 heavy (non-hydrogen) atoms. The van der Waals surface area contributed by atoms with Gasteiger partial charge in [0.05, 0.1) is 4.92 Å². The van der Waals surface area contributed by atoms with Gasteiger partial charge in [-0.05, 0) is 29.3 Å². The van der Waals surface area contributed by atoms with Crippen LogP contribution in [0.2, 0.25) is 0 Å². The van der Waals surface area contributed by atoms with Gasteiger partial charge in [0.25, 0.3) is 0 Å². The van der Waals surface area contributed by atoms with Crippen LogP contribution in [0.4, 0.5) is 5.69 Å². The van der Waals surface area contributed by atoms with E-state index in [1.165, 1.54) is 23.9 Å². The van der Waals surface area contributed by atoms with Crippen molar-refractivity contribution in [2.45, 2.75) is 30.8 Å². The predicted molar refractivity (Wildman–Crippen MR) is 95.8 cm³/mol. The zero-order valence-corrected chi connectivity index (χ0v) is 15.1. The van der Waals surface area contributed by atoms with Gasteiger partial charge in [0.2, 0.25) is 5.16 Å². The standard InChI is InChI=1S/C15H15N5O3S2/c1-8(2)5-12-16-17-15-18(12)19-13(25-15)7-24-14(19)9-3-4-11(21)10(6-9)20(22)23/h3-4,6-8,14,21H,5H2,1-2H3. The minimum Gasteiger partial charge on any atom is -0.502 e. The molecule has 1 unspecified atom stereocenters. The Hall–Kier alpha value is -2.20. The fourth-order valence-corrected chi connectivity index (χ4v) is 5.08. The maximum atomic E-state index is 11.1. The van der Waals surface area contributed by atoms with Crippen molar-refractivity contribution >= 4 is 29.2 Å². The van der Waals surface area contributed by atoms with Crippen molar-refractivity contribution in [2.75, 3.05) is 5.01 Å². The summed E-state index contributed by atoms with van der Waals surface area (Å²) in [4.78, 5) is 10.6. The molecule has 2 aromatic rings. The van der Waals surface area contributed by atoms with Crippen LogP contribution in [0.5, 0.6) is 5.75 Å². The number of hydrogen-bond acceptors (Lipinski definition) is 8. The van der Waals surface area contributed by atoms with Gasteiger partial charge in [-0.15, -0.1) is 10.2 Å². The zero-order valence-electron chi connectivity index (χ0n) is 13.5. The summed E-state index contributed by atoms with van der Waals surface area (Å²) in [5.41, 5.74) is 0.461. The lowest BCUT2D eigenvalue weighted by Gasteiger charge is -2.26. The molecule has 10 heteroatoms. The first-order chi connectivity index (χ1) is 12.0. The van der Waals surface area contributed by atoms with E-state index in [2.05, 4.69) is 29.1 Å². The summed E-state index contributed by atoms with van der Waals surface area (Å²) in [5.74, 6) is 0.989. The van der Waals surface area contributed by atoms with Gasteiger partial charge >= 0.3 is 5.69 Å². The van der Waals surface area contributed by atoms with Crippen molar-refractivity contribution < 1.29 is 10.0 Å². The van der Waals surface area contributed by atoms with E-state index < -0.39 is 4.92 Å². The topological polar surface area (TPSA) is 97.3 Å². The molecule has 8 nitrogen and oxygen atoms in total. The van der Waals surface area contributed by atoms with Crippen molar-refractivity contribution in [3.8, 4) is 5.75 Å². The molecule has 3 heterocycles. The van der Waals surface area contributed by atoms with E-state index in [0.29, 0.717) is 5.92 Å². The summed E-state index contributed by atoms with van der Waals surface area (Å²) >= 11 is 3.11. The number of aromatic hydroxyl groups is 1. The number of phenolic OH excluding ortho intramolecular Hbond substituents is 1. The molecule has 1 atom stereocenters. The van der Waals surface area contributed by atoms with Gasteiger partial charge in [-0.3, -0.25) is 15.1 Å². The van der Waals surface area contributed by atoms with E-state index in [1.54, 1.807) is 17.8 Å². The van der Waals surface area contributed by atoms with Crippen LogP contribution in [0.25, 0.3) is 0 Å². The van der Waals surface area contributed by atoms with E-state index >= 15 is 0 Å². The van der Waals surface area contributed by atoms with Gasteiger partial charge in [0.15, 0.2) is 11.6 Å². The lowest BCUT2D eigenvalue weighted by atomic mass is 10.1. The van der Waals surface area contributed by atoms with Crippen molar-refractivity contribution in [3.05, 3.63) is 50.1 Å². The largest absolute Gasteiger partial charge is 0.502 e. The molecule has 4 rings (SSSR count). The summed E-state index contributed by atoms with van der Waals surface area (Å²) in [6.07, 6.45) is 0.796. The first kappa shape index (κ1) is 16.3. The highest BCUT2D eigenvalue weighted by molar-refractivity contribution is 8.07. The van der Waals surface area contributed by atoms with Crippen molar-refractivity contribution in [3.63, 3.8) is 0 Å². The monoisotopic (exact) mass is 377 g/mol. The summed E-state index contributed by atoms with van der Waals surface area (Å²) in [5, 5.41) is 35.1. The van der Waals surface area contributed by atoms with E-state index in [-0.39, 0.29) is 16.8 Å². The first-order valence-corrected chi connectivity index (χ1v) is 9.46. The van der Waals surface area contributed by atoms with Crippen molar-refractivity contribution in [1.29, 1.82) is 0 Å². The number of hydrogen-bond donors (Lipinski definition) is 1. The number of benzene rings is 1. The summed E-state index contributed by atoms with van der Waals surface area (Å²) in [6, 6.07) is 4.52. The number of aromatic nitrogens is 3. The highest BCUT2D eigenvalue weighted by Crippen LogP contribution is 2.51. The van der Waals surface area contributed by atoms with Gasteiger partial charge in [-0.2, -0.15) is 0 Å². The third-order valence-electron chi connectivity index (χ3n) is 3.91. The van der Waals surface area contributed by atoms with E-state index in [1.807, 2.05) is 10.1 Å². The molecular formula is C15H15N5O3S2. The van der Waals surface area contributed by atoms with Gasteiger partial charge in [0.1, 0.15) is 10.4 Å². The number of nitro groups is 1. The van der Waals surface area contributed by atoms with Crippen molar-refractivity contribution in [1.82, 2.24) is 14.9 Å². The quantitative estimate of drug-likeness (QED) is 0.640. The number of thioether (sulfide) groups is 2. The van der Waals surface area contributed by atoms with Crippen LogP contribution in [0.3, 0.4) is 0 Å². The average molecular weight is 377 g/mol. The minimum absolute atomic E-state index is 0.162. The number of nitrogens with zero attached hydrogens (tertiary/aromatic N) is 5. The number of rotatable bonds is 4. The second-order valence-electron chi connectivity index (χ2n) is 6.21. The van der Waals surface area contributed by atoms with Gasteiger partial charge < -0.3 is 5.11 Å². The Balaban J connectivity index is 1.74. The molecule has 0 saturated heterocycles. The molecule has 1 aromatic heterocycles. The Bertz CT molecular complexity index is 895. The van der Waals surface area contributed by atoms with Crippen LogP contribution in [-0.2, 0) is 6.42 Å². The van der Waals surface area contributed by atoms with Crippen LogP contribution in [-0.4, -0.2) is 24.9 Å². The SMILES string of the molecule is CC(C)Cc1nnc2n1N1C(=CSC1c1ccc(O)c([N+](=O)[O-])c1)S2. The molecule has 1 aromatic carbocycles. The van der Waals surface area contributed by atoms with E-state index in [4.69, 9.17) is 0 Å². The van der Waals surface area contributed by atoms with Crippen LogP contribution < -0.4 is 5.01 Å². The smallest absolute Gasteiger partial charge is 0.311 e. The third kappa shape index (κ3) is 2.65. The molecule has 0 fully saturated rings. The van der Waals surface area contributed by atoms with Crippen LogP contribution in [0, 0.1) is 16.0 Å². The molecule has 0 saturated carbocycles. The Labute approximate surface area is 152 Å². The molecule has 0 spiro atoms. The Morgan fingerprint density at radius 2 is 2.20 bits per heavy atom. The molecule has 0 aliphatic carbocycles. The van der Waals surface area contributed by atoms with Crippen LogP contribution in [0.1, 0.15) is 30.6 Å². The van der Waals surface area contributed by atoms with Crippen LogP contribution in [0.15, 0.2) is 33.8 Å². The van der Waals surface area contributed by atoms with E-state index in [9.17, 15) is 15.2 Å². The maximum absolute atomic E-state index is 11.1. The molecular weight excluding hydrogens is 362 g/mol. The lowest BCUT2D eigenvalue weighted by Crippen LogP contribution is -2.31. The van der Waals surface area contributed by atoms with Gasteiger partial charge in [-0.1, -0.05) is 31.7 Å². The molecule has 0 radical (unpaired) electrons. The molecule has 0 bridgehead atoms. The summed E-state index contributed by atoms with van der Waals surface area (Å²) < 4.78 is 2.00. The number of phenols is 1. The molecule has 2 aliphatic heterocycles. The second-order valence-corrected chi connectivity index (χ2v) is 8.15. The first-order valence-electron chi connectivity index (χ1n) is 7.70. The second kappa shape index (κ2) is 5.95. The summed E-state index contributed by atoms with van der Waals surface area (Å²) in [7, 11) is 0. The Morgan fingerprint density at radius 1 is 1.40 bits per heavy atom. The van der Waals surface area contributed by atoms with E-state index in [0.717, 1.165) is 28.0 Å². The molecule has 1 N–H and O–H groups in total. The lowest BCUT2D eigenvalue weighted by molar-refractivity contribution is -0.385. The molecule has 0 amide bonds. The highest BCUT2D eigenvalue weighted by Gasteiger charge is 2.40. The molecule has 130 valence electrons. The van der Waals surface area contributed by atoms with Gasteiger partial charge in [0, 0.05) is 17.9 Å². The van der Waals surface area contributed by atoms with Crippen molar-refractivity contribution in [2.24, 2.45) is 5.92 Å².